The molecule has 1 atom stereocenters. The van der Waals surface area contributed by atoms with E-state index in [1.54, 1.807) is 16.4 Å². The number of anilines is 1. The Morgan fingerprint density at radius 1 is 0.839 bits per heavy atom. The monoisotopic (exact) mass is 425 g/mol. The molecule has 0 fully saturated rings. The van der Waals surface area contributed by atoms with Gasteiger partial charge in [-0.15, -0.1) is 0 Å². The van der Waals surface area contributed by atoms with Crippen LogP contribution in [0.3, 0.4) is 0 Å². The summed E-state index contributed by atoms with van der Waals surface area (Å²) in [5, 5.41) is 2.36. The zero-order chi connectivity index (χ0) is 21.4. The number of fused-ring (bicyclic) bond motifs is 2. The number of rotatable bonds is 4. The third-order valence-electron chi connectivity index (χ3n) is 5.82. The molecule has 0 aliphatic carbocycles. The number of para-hydroxylation sites is 1. The largest absolute Gasteiger partial charge is 0.264 e. The summed E-state index contributed by atoms with van der Waals surface area (Å²) >= 11 is 0. The van der Waals surface area contributed by atoms with E-state index in [1.165, 1.54) is 10.8 Å². The fourth-order valence-corrected chi connectivity index (χ4v) is 5.84. The Hall–Kier alpha value is -3.37. The number of hydrogen-bond donors (Lipinski definition) is 0. The van der Waals surface area contributed by atoms with Gasteiger partial charge in [-0.3, -0.25) is 4.31 Å². The Kier molecular flexibility index (Phi) is 4.87. The highest BCUT2D eigenvalue weighted by Crippen LogP contribution is 2.37. The van der Waals surface area contributed by atoms with E-state index in [0.717, 1.165) is 22.4 Å². The molecule has 0 aromatic heterocycles. The predicted molar refractivity (Wildman–Crippen MR) is 128 cm³/mol. The van der Waals surface area contributed by atoms with Gasteiger partial charge in [0.1, 0.15) is 0 Å². The molecule has 0 bridgehead atoms. The average molecular weight is 426 g/mol. The van der Waals surface area contributed by atoms with Gasteiger partial charge in [0.15, 0.2) is 0 Å². The molecule has 4 heteroatoms. The molecule has 1 aliphatic rings. The van der Waals surface area contributed by atoms with Crippen molar-refractivity contribution < 1.29 is 8.42 Å². The number of sulfonamides is 1. The summed E-state index contributed by atoms with van der Waals surface area (Å²) in [6.45, 7) is 1.96. The summed E-state index contributed by atoms with van der Waals surface area (Å²) in [7, 11) is -3.68. The molecular weight excluding hydrogens is 402 g/mol. The van der Waals surface area contributed by atoms with E-state index in [2.05, 4.69) is 30.3 Å². The van der Waals surface area contributed by atoms with Gasteiger partial charge in [-0.05, 0) is 59.5 Å². The first-order valence-electron chi connectivity index (χ1n) is 10.4. The van der Waals surface area contributed by atoms with Crippen LogP contribution >= 0.6 is 0 Å². The van der Waals surface area contributed by atoms with Crippen LogP contribution in [0.15, 0.2) is 102 Å². The van der Waals surface area contributed by atoms with Crippen LogP contribution in [0.1, 0.15) is 16.7 Å². The maximum absolute atomic E-state index is 13.6. The van der Waals surface area contributed by atoms with Crippen molar-refractivity contribution in [2.24, 2.45) is 0 Å². The second-order valence-electron chi connectivity index (χ2n) is 7.98. The lowest BCUT2D eigenvalue weighted by molar-refractivity contribution is 0.588. The maximum atomic E-state index is 13.6. The molecular formula is C27H23NO2S. The number of aryl methyl sites for hydroxylation is 1. The van der Waals surface area contributed by atoms with Gasteiger partial charge in [0.2, 0.25) is 0 Å². The minimum atomic E-state index is -3.68. The van der Waals surface area contributed by atoms with Crippen LogP contribution in [-0.4, -0.2) is 14.5 Å². The summed E-state index contributed by atoms with van der Waals surface area (Å²) in [4.78, 5) is 0.318. The first-order valence-corrected chi connectivity index (χ1v) is 11.8. The lowest BCUT2D eigenvalue weighted by Crippen LogP contribution is -2.36. The number of nitrogens with zero attached hydrogens (tertiary/aromatic N) is 1. The highest BCUT2D eigenvalue weighted by molar-refractivity contribution is 7.92. The van der Waals surface area contributed by atoms with Crippen LogP contribution in [0.25, 0.3) is 16.8 Å². The molecule has 0 saturated carbocycles. The molecule has 0 radical (unpaired) electrons. The Labute approximate surface area is 183 Å². The first kappa shape index (κ1) is 19.6. The molecule has 31 heavy (non-hydrogen) atoms. The van der Waals surface area contributed by atoms with Crippen LogP contribution < -0.4 is 4.31 Å². The van der Waals surface area contributed by atoms with Gasteiger partial charge in [-0.25, -0.2) is 8.42 Å². The second kappa shape index (κ2) is 7.71. The van der Waals surface area contributed by atoms with Crippen molar-refractivity contribution in [3.8, 4) is 0 Å². The van der Waals surface area contributed by atoms with Gasteiger partial charge >= 0.3 is 0 Å². The molecule has 4 aromatic rings. The predicted octanol–water partition coefficient (Wildman–Crippen LogP) is 5.98. The number of hydrogen-bond acceptors (Lipinski definition) is 2. The molecule has 5 rings (SSSR count). The molecule has 0 amide bonds. The molecule has 3 nitrogen and oxygen atoms in total. The SMILES string of the molecule is Cc1ccc(S(=O)(=O)N2c3ccccc3CC2/C=C/c2ccc3ccccc3c2)cc1. The van der Waals surface area contributed by atoms with Gasteiger partial charge in [0.05, 0.1) is 16.6 Å². The van der Waals surface area contributed by atoms with E-state index in [1.807, 2.05) is 67.6 Å². The van der Waals surface area contributed by atoms with Gasteiger partial charge in [-0.1, -0.05) is 84.4 Å². The zero-order valence-corrected chi connectivity index (χ0v) is 18.1. The normalized spacial score (nSPS) is 16.2. The van der Waals surface area contributed by atoms with Crippen molar-refractivity contribution in [3.05, 3.63) is 114 Å². The van der Waals surface area contributed by atoms with E-state index >= 15 is 0 Å². The minimum Gasteiger partial charge on any atom is -0.259 e. The fourth-order valence-electron chi connectivity index (χ4n) is 4.20. The fraction of sp³-hybridized carbons (Fsp3) is 0.111. The van der Waals surface area contributed by atoms with Crippen molar-refractivity contribution in [3.63, 3.8) is 0 Å². The average Bonchev–Trinajstić information content (AvgIpc) is 3.17. The third kappa shape index (κ3) is 3.64. The Bertz CT molecular complexity index is 1390. The van der Waals surface area contributed by atoms with Crippen molar-refractivity contribution in [1.82, 2.24) is 0 Å². The van der Waals surface area contributed by atoms with E-state index < -0.39 is 10.0 Å². The topological polar surface area (TPSA) is 37.4 Å². The van der Waals surface area contributed by atoms with E-state index in [4.69, 9.17) is 0 Å². The smallest absolute Gasteiger partial charge is 0.259 e. The van der Waals surface area contributed by atoms with Crippen LogP contribution in [0.5, 0.6) is 0 Å². The van der Waals surface area contributed by atoms with E-state index in [-0.39, 0.29) is 6.04 Å². The van der Waals surface area contributed by atoms with Crippen molar-refractivity contribution in [1.29, 1.82) is 0 Å². The van der Waals surface area contributed by atoms with Gasteiger partial charge < -0.3 is 0 Å². The van der Waals surface area contributed by atoms with Gasteiger partial charge in [0.25, 0.3) is 10.0 Å². The van der Waals surface area contributed by atoms with Gasteiger partial charge in [0, 0.05) is 0 Å². The second-order valence-corrected chi connectivity index (χ2v) is 9.79. The minimum absolute atomic E-state index is 0.268. The summed E-state index contributed by atoms with van der Waals surface area (Å²) in [5.41, 5.74) is 3.90. The molecule has 154 valence electrons. The summed E-state index contributed by atoms with van der Waals surface area (Å²) < 4.78 is 28.8. The quantitative estimate of drug-likeness (QED) is 0.403. The third-order valence-corrected chi connectivity index (χ3v) is 7.67. The lowest BCUT2D eigenvalue weighted by Gasteiger charge is -2.25. The summed E-state index contributed by atoms with van der Waals surface area (Å²) in [6.07, 6.45) is 4.70. The number of benzene rings is 4. The standard InChI is InChI=1S/C27H23NO2S/c1-20-10-16-26(17-11-20)31(29,30)28-25(19-24-8-4-5-9-27(24)28)15-13-21-12-14-22-6-2-3-7-23(22)18-21/h2-18,25H,19H2,1H3/b15-13+. The highest BCUT2D eigenvalue weighted by atomic mass is 32.2. The molecule has 0 spiro atoms. The van der Waals surface area contributed by atoms with Crippen LogP contribution in [-0.2, 0) is 16.4 Å². The molecule has 4 aromatic carbocycles. The van der Waals surface area contributed by atoms with Gasteiger partial charge in [-0.2, -0.15) is 0 Å². The lowest BCUT2D eigenvalue weighted by atomic mass is 10.1. The first-order chi connectivity index (χ1) is 15.0. The molecule has 1 unspecified atom stereocenters. The van der Waals surface area contributed by atoms with Crippen LogP contribution in [0, 0.1) is 6.92 Å². The molecule has 1 heterocycles. The Morgan fingerprint density at radius 2 is 1.55 bits per heavy atom. The van der Waals surface area contributed by atoms with E-state index in [0.29, 0.717) is 11.3 Å². The van der Waals surface area contributed by atoms with Crippen molar-refractivity contribution in [2.75, 3.05) is 4.31 Å². The zero-order valence-electron chi connectivity index (χ0n) is 17.3. The Morgan fingerprint density at radius 3 is 2.35 bits per heavy atom. The summed E-state index contributed by atoms with van der Waals surface area (Å²) in [6, 6.07) is 29.1. The van der Waals surface area contributed by atoms with Crippen LogP contribution in [0.2, 0.25) is 0 Å². The van der Waals surface area contributed by atoms with Crippen LogP contribution in [0.4, 0.5) is 5.69 Å². The Balaban J connectivity index is 1.53. The van der Waals surface area contributed by atoms with Crippen molar-refractivity contribution >= 4 is 32.6 Å². The van der Waals surface area contributed by atoms with E-state index in [9.17, 15) is 8.42 Å². The summed E-state index contributed by atoms with van der Waals surface area (Å²) in [5.74, 6) is 0. The molecule has 0 N–H and O–H groups in total. The maximum Gasteiger partial charge on any atom is 0.264 e. The molecule has 1 aliphatic heterocycles. The molecule has 0 saturated heterocycles. The highest BCUT2D eigenvalue weighted by Gasteiger charge is 2.36. The van der Waals surface area contributed by atoms with Crippen molar-refractivity contribution in [2.45, 2.75) is 24.3 Å².